The minimum Gasteiger partial charge on any atom is -0.462 e. The van der Waals surface area contributed by atoms with E-state index in [-0.39, 0.29) is 26.1 Å². The topological polar surface area (TPSA) is 108 Å². The SMILES string of the molecule is CC/C=C\C/C=C\C/C=C\C/C=C\C/C=C\C/C=C\C/C=C\C/C=C\C/C=C\C/C=C\C/C=C\CCCCCCCC(=O)OC(COC(=O)CCC/C=C\C/C=C\C/C=C\C/C=C\C/C=C\C/C=C\C/C=C\CC)COP(=O)(O)OCC[N+](C)(C)C. The number of carbonyl (C=O) groups excluding carboxylic acids is 2. The minimum absolute atomic E-state index is 0.00495. The molecule has 0 aliphatic rings. The molecule has 0 heterocycles. The van der Waals surface area contributed by atoms with Crippen molar-refractivity contribution in [3.8, 4) is 0 Å². The predicted octanol–water partition coefficient (Wildman–Crippen LogP) is 21.3. The maximum atomic E-state index is 12.8. The van der Waals surface area contributed by atoms with Crippen molar-refractivity contribution >= 4 is 19.8 Å². The van der Waals surface area contributed by atoms with E-state index in [0.717, 1.165) is 154 Å². The fraction of sp³-hybridized carbons (Fsp3) is 0.500. The lowest BCUT2D eigenvalue weighted by molar-refractivity contribution is -0.870. The Morgan fingerprint density at radius 2 is 0.640 bits per heavy atom. The van der Waals surface area contributed by atoms with Gasteiger partial charge in [-0.2, -0.15) is 0 Å². The number of ether oxygens (including phenoxy) is 2. The molecule has 478 valence electrons. The molecule has 0 saturated heterocycles. The van der Waals surface area contributed by atoms with Gasteiger partial charge in [0.05, 0.1) is 27.7 Å². The number of phosphoric acid groups is 1. The number of quaternary nitrogens is 1. The number of allylic oxidation sites excluding steroid dienone is 36. The van der Waals surface area contributed by atoms with Crippen LogP contribution in [0.3, 0.4) is 0 Å². The molecular weight excluding hydrogens is 1090 g/mol. The van der Waals surface area contributed by atoms with Crippen LogP contribution in [-0.4, -0.2) is 74.9 Å². The van der Waals surface area contributed by atoms with E-state index in [1.54, 1.807) is 0 Å². The van der Waals surface area contributed by atoms with E-state index in [0.29, 0.717) is 23.9 Å². The number of rotatable bonds is 56. The van der Waals surface area contributed by atoms with Gasteiger partial charge in [-0.25, -0.2) is 4.57 Å². The molecule has 0 aliphatic carbocycles. The van der Waals surface area contributed by atoms with Crippen molar-refractivity contribution in [2.24, 2.45) is 0 Å². The quantitative estimate of drug-likeness (QED) is 0.0211. The van der Waals surface area contributed by atoms with Crippen molar-refractivity contribution in [1.82, 2.24) is 0 Å². The molecule has 0 aromatic carbocycles. The van der Waals surface area contributed by atoms with Crippen LogP contribution >= 0.6 is 7.82 Å². The normalized spacial score (nSPS) is 14.6. The third-order valence-electron chi connectivity index (χ3n) is 12.5. The first-order chi connectivity index (χ1) is 42.0. The summed E-state index contributed by atoms with van der Waals surface area (Å²) in [6.07, 6.45) is 103. The smallest absolute Gasteiger partial charge is 0.462 e. The lowest BCUT2D eigenvalue weighted by Crippen LogP contribution is -2.37. The highest BCUT2D eigenvalue weighted by Gasteiger charge is 2.27. The van der Waals surface area contributed by atoms with Gasteiger partial charge >= 0.3 is 19.8 Å². The summed E-state index contributed by atoms with van der Waals surface area (Å²) in [5.74, 6) is -0.911. The average Bonchev–Trinajstić information content (AvgIpc) is 3.56. The van der Waals surface area contributed by atoms with Crippen LogP contribution in [0.15, 0.2) is 219 Å². The van der Waals surface area contributed by atoms with Gasteiger partial charge in [-0.3, -0.25) is 18.6 Å². The molecule has 86 heavy (non-hydrogen) atoms. The van der Waals surface area contributed by atoms with Crippen LogP contribution in [0.5, 0.6) is 0 Å². The summed E-state index contributed by atoms with van der Waals surface area (Å²) < 4.78 is 34.5. The number of esters is 2. The second kappa shape index (κ2) is 63.8. The average molecular weight is 1200 g/mol. The predicted molar refractivity (Wildman–Crippen MR) is 371 cm³/mol. The Hall–Kier alpha value is -5.67. The highest BCUT2D eigenvalue weighted by Crippen LogP contribution is 2.43. The standard InChI is InChI=1S/C76H116NO8P/c1-6-8-10-12-14-16-18-20-22-24-26-28-30-31-32-33-34-35-36-37-38-39-40-41-42-43-44-45-47-49-51-53-55-57-59-61-63-65-67-69-76(79)85-74(73-84-86(80,81)83-71-70-77(3,4)5)72-82-75(78)68-66-64-62-60-58-56-54-52-50-48-46-29-27-25-23-21-19-17-15-13-11-9-7-2/h8-11,14-17,20-23,26-29,31-32,34-35,37-38,40-41,43-44,47-50,53-56,60,62,74H,6-7,12-13,18-19,24-25,30,33,36,39,42,45-46,51-52,57-59,61,63-73H2,1-5H3/p+1/b10-8-,11-9-,16-14-,17-15-,22-20-,23-21-,28-26-,29-27-,32-31-,35-34-,38-37-,41-40-,44-43-,49-47-,50-48-,55-53-,56-54-,62-60-. The Labute approximate surface area is 525 Å². The van der Waals surface area contributed by atoms with E-state index in [9.17, 15) is 19.0 Å². The number of hydrogen-bond donors (Lipinski definition) is 1. The van der Waals surface area contributed by atoms with Crippen LogP contribution in [0.2, 0.25) is 0 Å². The van der Waals surface area contributed by atoms with Gasteiger partial charge in [-0.1, -0.05) is 252 Å². The van der Waals surface area contributed by atoms with E-state index >= 15 is 0 Å². The highest BCUT2D eigenvalue weighted by atomic mass is 31.2. The zero-order chi connectivity index (χ0) is 62.6. The third kappa shape index (κ3) is 67.5. The molecule has 10 heteroatoms. The Morgan fingerprint density at radius 3 is 0.965 bits per heavy atom. The van der Waals surface area contributed by atoms with Crippen molar-refractivity contribution < 1.29 is 42.1 Å². The Balaban J connectivity index is 4.30. The van der Waals surface area contributed by atoms with Gasteiger partial charge in [-0.15, -0.1) is 0 Å². The first-order valence-electron chi connectivity index (χ1n) is 32.5. The lowest BCUT2D eigenvalue weighted by atomic mass is 10.1. The first kappa shape index (κ1) is 80.3. The highest BCUT2D eigenvalue weighted by molar-refractivity contribution is 7.47. The molecule has 2 unspecified atom stereocenters. The molecule has 0 radical (unpaired) electrons. The van der Waals surface area contributed by atoms with Crippen molar-refractivity contribution in [2.45, 2.75) is 200 Å². The molecule has 0 aliphatic heterocycles. The Kier molecular flexibility index (Phi) is 59.6. The third-order valence-corrected chi connectivity index (χ3v) is 13.5. The van der Waals surface area contributed by atoms with E-state index in [2.05, 4.69) is 233 Å². The summed E-state index contributed by atoms with van der Waals surface area (Å²) in [5.41, 5.74) is 0. The molecule has 0 rings (SSSR count). The second-order valence-electron chi connectivity index (χ2n) is 21.7. The number of likely N-dealkylation sites (N-methyl/N-ethyl adjacent to an activating group) is 1. The summed E-state index contributed by atoms with van der Waals surface area (Å²) in [6.45, 7) is 4.07. The van der Waals surface area contributed by atoms with Crippen molar-refractivity contribution in [2.75, 3.05) is 47.5 Å². The maximum absolute atomic E-state index is 12.8. The number of carbonyl (C=O) groups is 2. The van der Waals surface area contributed by atoms with Crippen LogP contribution in [-0.2, 0) is 32.7 Å². The van der Waals surface area contributed by atoms with Crippen LogP contribution in [0, 0.1) is 0 Å². The second-order valence-corrected chi connectivity index (χ2v) is 23.1. The molecule has 1 N–H and O–H groups in total. The molecule has 0 saturated carbocycles. The van der Waals surface area contributed by atoms with Crippen LogP contribution in [0.25, 0.3) is 0 Å². The van der Waals surface area contributed by atoms with Gasteiger partial charge < -0.3 is 18.9 Å². The van der Waals surface area contributed by atoms with E-state index in [1.165, 1.54) is 0 Å². The van der Waals surface area contributed by atoms with E-state index < -0.39 is 32.5 Å². The number of hydrogen-bond acceptors (Lipinski definition) is 7. The van der Waals surface area contributed by atoms with Crippen molar-refractivity contribution in [3.05, 3.63) is 219 Å². The zero-order valence-electron chi connectivity index (χ0n) is 54.2. The molecule has 0 aromatic heterocycles. The Morgan fingerprint density at radius 1 is 0.360 bits per heavy atom. The molecule has 0 aromatic rings. The molecule has 0 spiro atoms. The largest absolute Gasteiger partial charge is 0.472 e. The zero-order valence-corrected chi connectivity index (χ0v) is 55.1. The van der Waals surface area contributed by atoms with E-state index in [1.807, 2.05) is 21.1 Å². The molecular formula is C76H117NO8P+. The number of unbranched alkanes of at least 4 members (excludes halogenated alkanes) is 6. The van der Waals surface area contributed by atoms with Gasteiger partial charge in [0.25, 0.3) is 0 Å². The number of phosphoric ester groups is 1. The fourth-order valence-electron chi connectivity index (χ4n) is 7.60. The summed E-state index contributed by atoms with van der Waals surface area (Å²) in [5, 5.41) is 0. The maximum Gasteiger partial charge on any atom is 0.472 e. The first-order valence-corrected chi connectivity index (χ1v) is 34.0. The lowest BCUT2D eigenvalue weighted by Gasteiger charge is -2.24. The van der Waals surface area contributed by atoms with E-state index in [4.69, 9.17) is 18.5 Å². The molecule has 0 fully saturated rings. The van der Waals surface area contributed by atoms with Crippen LogP contribution < -0.4 is 0 Å². The summed E-state index contributed by atoms with van der Waals surface area (Å²) in [6, 6.07) is 0. The molecule has 9 nitrogen and oxygen atoms in total. The Bertz CT molecular complexity index is 2250. The monoisotopic (exact) mass is 1200 g/mol. The molecule has 2 atom stereocenters. The van der Waals surface area contributed by atoms with Gasteiger partial charge in [-0.05, 0) is 148 Å². The summed E-state index contributed by atoms with van der Waals surface area (Å²) >= 11 is 0. The summed E-state index contributed by atoms with van der Waals surface area (Å²) in [4.78, 5) is 35.7. The van der Waals surface area contributed by atoms with Crippen molar-refractivity contribution in [3.63, 3.8) is 0 Å². The fourth-order valence-corrected chi connectivity index (χ4v) is 8.34. The van der Waals surface area contributed by atoms with Gasteiger partial charge in [0.2, 0.25) is 0 Å². The van der Waals surface area contributed by atoms with Gasteiger partial charge in [0.15, 0.2) is 6.10 Å². The summed E-state index contributed by atoms with van der Waals surface area (Å²) in [7, 11) is 1.39. The van der Waals surface area contributed by atoms with Crippen LogP contribution in [0.1, 0.15) is 194 Å². The minimum atomic E-state index is -4.43. The number of nitrogens with zero attached hydrogens (tertiary/aromatic N) is 1. The van der Waals surface area contributed by atoms with Crippen LogP contribution in [0.4, 0.5) is 0 Å². The van der Waals surface area contributed by atoms with Crippen molar-refractivity contribution in [1.29, 1.82) is 0 Å². The van der Waals surface area contributed by atoms with Gasteiger partial charge in [0.1, 0.15) is 19.8 Å². The molecule has 0 bridgehead atoms. The molecule has 0 amide bonds. The van der Waals surface area contributed by atoms with Gasteiger partial charge in [0, 0.05) is 12.8 Å².